The maximum atomic E-state index is 10.9. The molecule has 0 fully saturated rings. The zero-order valence-corrected chi connectivity index (χ0v) is 14.0. The summed E-state index contributed by atoms with van der Waals surface area (Å²) in [7, 11) is -3.98. The van der Waals surface area contributed by atoms with Crippen molar-refractivity contribution in [1.82, 2.24) is 4.90 Å². The minimum atomic E-state index is -3.98. The molecule has 130 valence electrons. The molecule has 8 heteroatoms. The third-order valence-electron chi connectivity index (χ3n) is 3.37. The van der Waals surface area contributed by atoms with Crippen LogP contribution in [0.5, 0.6) is 0 Å². The van der Waals surface area contributed by atoms with Crippen molar-refractivity contribution in [3.8, 4) is 0 Å². The van der Waals surface area contributed by atoms with Gasteiger partial charge < -0.3 is 15.3 Å². The molecule has 1 rings (SSSR count). The summed E-state index contributed by atoms with van der Waals surface area (Å²) in [6.07, 6.45) is 5.37. The maximum absolute atomic E-state index is 10.9. The average Bonchev–Trinajstić information content (AvgIpc) is 2.43. The van der Waals surface area contributed by atoms with Gasteiger partial charge in [-0.25, -0.2) is 0 Å². The van der Waals surface area contributed by atoms with Crippen molar-refractivity contribution in [3.63, 3.8) is 0 Å². The molecular formula is C14H27NO6S. The van der Waals surface area contributed by atoms with Crippen LogP contribution in [0.2, 0.25) is 0 Å². The van der Waals surface area contributed by atoms with E-state index in [-0.39, 0.29) is 19.8 Å². The Bertz CT molecular complexity index is 459. The molecular weight excluding hydrogens is 310 g/mol. The van der Waals surface area contributed by atoms with Gasteiger partial charge in [-0.3, -0.25) is 9.45 Å². The van der Waals surface area contributed by atoms with Gasteiger partial charge >= 0.3 is 0 Å². The Balaban J connectivity index is 0.000000409. The maximum Gasteiger partial charge on any atom is 0.274 e. The number of aliphatic hydroxyl groups is 3. The highest BCUT2D eigenvalue weighted by Gasteiger charge is 2.35. The summed E-state index contributed by atoms with van der Waals surface area (Å²) >= 11 is 0. The first-order valence-electron chi connectivity index (χ1n) is 7.08. The van der Waals surface area contributed by atoms with Crippen molar-refractivity contribution in [2.75, 3.05) is 39.5 Å². The Morgan fingerprint density at radius 2 is 1.59 bits per heavy atom. The van der Waals surface area contributed by atoms with Crippen molar-refractivity contribution in [3.05, 3.63) is 23.8 Å². The molecule has 0 radical (unpaired) electrons. The highest BCUT2D eigenvalue weighted by atomic mass is 32.2. The summed E-state index contributed by atoms with van der Waals surface area (Å²) < 4.78 is 29.5. The van der Waals surface area contributed by atoms with Crippen LogP contribution in [0.1, 0.15) is 20.3 Å². The number of hydrogen-bond acceptors (Lipinski definition) is 6. The first kappa shape index (κ1) is 21.2. The van der Waals surface area contributed by atoms with E-state index in [0.29, 0.717) is 26.1 Å². The zero-order valence-electron chi connectivity index (χ0n) is 13.1. The lowest BCUT2D eigenvalue weighted by atomic mass is 9.98. The first-order chi connectivity index (χ1) is 10.2. The Morgan fingerprint density at radius 3 is 1.86 bits per heavy atom. The van der Waals surface area contributed by atoms with Crippen LogP contribution in [0.3, 0.4) is 0 Å². The Hall–Kier alpha value is -0.770. The van der Waals surface area contributed by atoms with Crippen molar-refractivity contribution < 1.29 is 28.3 Å². The molecule has 1 atom stereocenters. The summed E-state index contributed by atoms with van der Waals surface area (Å²) in [4.78, 5) is 1.79. The van der Waals surface area contributed by atoms with E-state index < -0.39 is 14.9 Å². The van der Waals surface area contributed by atoms with E-state index in [1.807, 2.05) is 6.92 Å². The van der Waals surface area contributed by atoms with E-state index in [1.165, 1.54) is 13.0 Å². The van der Waals surface area contributed by atoms with Gasteiger partial charge in [0.15, 0.2) is 0 Å². The van der Waals surface area contributed by atoms with Crippen molar-refractivity contribution >= 4 is 10.1 Å². The largest absolute Gasteiger partial charge is 0.395 e. The number of aliphatic hydroxyl groups excluding tert-OH is 3. The van der Waals surface area contributed by atoms with Gasteiger partial charge in [-0.05, 0) is 20.3 Å². The third-order valence-corrected chi connectivity index (χ3v) is 4.85. The molecule has 0 saturated carbocycles. The molecule has 0 heterocycles. The minimum Gasteiger partial charge on any atom is -0.395 e. The molecule has 22 heavy (non-hydrogen) atoms. The molecule has 7 nitrogen and oxygen atoms in total. The highest BCUT2D eigenvalue weighted by Crippen LogP contribution is 2.27. The fourth-order valence-corrected chi connectivity index (χ4v) is 2.29. The van der Waals surface area contributed by atoms with Crippen LogP contribution in [-0.2, 0) is 10.1 Å². The lowest BCUT2D eigenvalue weighted by Crippen LogP contribution is -2.33. The van der Waals surface area contributed by atoms with E-state index in [4.69, 9.17) is 19.9 Å². The van der Waals surface area contributed by atoms with E-state index in [9.17, 15) is 8.42 Å². The smallest absolute Gasteiger partial charge is 0.274 e. The van der Waals surface area contributed by atoms with Crippen LogP contribution >= 0.6 is 0 Å². The molecule has 0 amide bonds. The molecule has 0 aromatic carbocycles. The summed E-state index contributed by atoms with van der Waals surface area (Å²) in [6, 6.07) is 0. The van der Waals surface area contributed by atoms with Gasteiger partial charge in [0.2, 0.25) is 0 Å². The predicted molar refractivity (Wildman–Crippen MR) is 85.2 cm³/mol. The second-order valence-electron chi connectivity index (χ2n) is 5.29. The second-order valence-corrected chi connectivity index (χ2v) is 7.17. The average molecular weight is 337 g/mol. The molecule has 0 saturated heterocycles. The number of rotatable bonds is 7. The summed E-state index contributed by atoms with van der Waals surface area (Å²) in [5.41, 5.74) is 1.02. The topological polar surface area (TPSA) is 118 Å². The third kappa shape index (κ3) is 7.48. The summed E-state index contributed by atoms with van der Waals surface area (Å²) in [5.74, 6) is 0. The molecule has 0 aromatic rings. The minimum absolute atomic E-state index is 0.0694. The number of nitrogens with zero attached hydrogens (tertiary/aromatic N) is 1. The van der Waals surface area contributed by atoms with Crippen LogP contribution in [0, 0.1) is 0 Å². The van der Waals surface area contributed by atoms with Gasteiger partial charge in [0, 0.05) is 19.6 Å². The van der Waals surface area contributed by atoms with E-state index in [0.717, 1.165) is 5.57 Å². The Kier molecular flexibility index (Phi) is 9.74. The standard InChI is InChI=1S/C8H12O3S.C6H15NO3/c1-7-3-5-8(2,6-4-7)12(9,10)11;8-4-1-7(2-5-9)3-6-10/h3-5H,6H2,1-2H3,(H,9,10,11);8-10H,1-6H2. The summed E-state index contributed by atoms with van der Waals surface area (Å²) in [6.45, 7) is 5.14. The van der Waals surface area contributed by atoms with Gasteiger partial charge in [0.25, 0.3) is 10.1 Å². The van der Waals surface area contributed by atoms with Crippen LogP contribution in [0.4, 0.5) is 0 Å². The molecule has 4 N–H and O–H groups in total. The quantitative estimate of drug-likeness (QED) is 0.475. The molecule has 0 spiro atoms. The van der Waals surface area contributed by atoms with Crippen molar-refractivity contribution in [1.29, 1.82) is 0 Å². The second kappa shape index (κ2) is 10.1. The lowest BCUT2D eigenvalue weighted by Gasteiger charge is -2.23. The van der Waals surface area contributed by atoms with Gasteiger partial charge in [0.1, 0.15) is 4.75 Å². The molecule has 0 aromatic heterocycles. The van der Waals surface area contributed by atoms with Gasteiger partial charge in [-0.15, -0.1) is 0 Å². The fourth-order valence-electron chi connectivity index (χ4n) is 1.76. The van der Waals surface area contributed by atoms with Crippen molar-refractivity contribution in [2.45, 2.75) is 25.0 Å². The molecule has 1 aliphatic rings. The fraction of sp³-hybridized carbons (Fsp3) is 0.714. The van der Waals surface area contributed by atoms with Gasteiger partial charge in [-0.1, -0.05) is 23.8 Å². The zero-order chi connectivity index (χ0) is 17.2. The van der Waals surface area contributed by atoms with E-state index in [2.05, 4.69) is 0 Å². The summed E-state index contributed by atoms with van der Waals surface area (Å²) in [5, 5.41) is 25.5. The normalized spacial score (nSPS) is 21.3. The van der Waals surface area contributed by atoms with Crippen LogP contribution < -0.4 is 0 Å². The van der Waals surface area contributed by atoms with Crippen LogP contribution in [0.15, 0.2) is 23.8 Å². The molecule has 1 unspecified atom stereocenters. The number of allylic oxidation sites excluding steroid dienone is 3. The first-order valence-corrected chi connectivity index (χ1v) is 8.52. The Labute approximate surface area is 132 Å². The van der Waals surface area contributed by atoms with Crippen molar-refractivity contribution in [2.24, 2.45) is 0 Å². The van der Waals surface area contributed by atoms with Crippen LogP contribution in [-0.4, -0.2) is 77.4 Å². The Morgan fingerprint density at radius 1 is 1.14 bits per heavy atom. The lowest BCUT2D eigenvalue weighted by molar-refractivity contribution is 0.136. The molecule has 1 aliphatic carbocycles. The highest BCUT2D eigenvalue weighted by molar-refractivity contribution is 7.87. The predicted octanol–water partition coefficient (Wildman–Crippen LogP) is -0.196. The molecule has 0 bridgehead atoms. The van der Waals surface area contributed by atoms with Gasteiger partial charge in [-0.2, -0.15) is 8.42 Å². The van der Waals surface area contributed by atoms with E-state index in [1.54, 1.807) is 17.1 Å². The SMILES string of the molecule is CC1=CCC(C)(S(=O)(=O)O)C=C1.OCCN(CCO)CCO. The van der Waals surface area contributed by atoms with E-state index >= 15 is 0 Å². The molecule has 0 aliphatic heterocycles. The van der Waals surface area contributed by atoms with Crippen LogP contribution in [0.25, 0.3) is 0 Å². The van der Waals surface area contributed by atoms with Gasteiger partial charge in [0.05, 0.1) is 19.8 Å². The monoisotopic (exact) mass is 337 g/mol. The number of hydrogen-bond donors (Lipinski definition) is 4.